The highest BCUT2D eigenvalue weighted by atomic mass is 19.1. The highest BCUT2D eigenvalue weighted by Crippen LogP contribution is 2.50. The second-order valence-electron chi connectivity index (χ2n) is 9.02. The number of methoxy groups -OCH3 is 1. The van der Waals surface area contributed by atoms with Crippen LogP contribution in [0.4, 0.5) is 10.1 Å². The lowest BCUT2D eigenvalue weighted by Gasteiger charge is -2.36. The number of aliphatic hydroxyl groups is 1. The van der Waals surface area contributed by atoms with Crippen LogP contribution < -0.4 is 16.6 Å². The number of aromatic nitrogens is 1. The van der Waals surface area contributed by atoms with Crippen molar-refractivity contribution in [3.63, 3.8) is 0 Å². The maximum Gasteiger partial charge on any atom is 0.256 e. The number of hydrogen-bond donors (Lipinski definition) is 3. The molecule has 8 heteroatoms. The molecule has 0 fully saturated rings. The first-order valence-electron chi connectivity index (χ1n) is 12.6. The van der Waals surface area contributed by atoms with Crippen LogP contribution in [0.1, 0.15) is 79.1 Å². The van der Waals surface area contributed by atoms with Gasteiger partial charge in [0.1, 0.15) is 12.1 Å². The molecule has 0 saturated heterocycles. The molecule has 2 aliphatic heterocycles. The van der Waals surface area contributed by atoms with E-state index in [0.717, 1.165) is 59.9 Å². The van der Waals surface area contributed by atoms with Gasteiger partial charge in [-0.3, -0.25) is 4.79 Å². The number of ether oxygens (including phenoxy) is 1. The van der Waals surface area contributed by atoms with Crippen LogP contribution in [0.2, 0.25) is 0 Å². The molecule has 0 radical (unpaired) electrons. The van der Waals surface area contributed by atoms with E-state index in [1.807, 2.05) is 33.8 Å². The average Bonchev–Trinajstić information content (AvgIpc) is 3.27. The molecular weight excluding hydrogens is 461 g/mol. The van der Waals surface area contributed by atoms with Gasteiger partial charge >= 0.3 is 0 Å². The van der Waals surface area contributed by atoms with Gasteiger partial charge < -0.3 is 30.3 Å². The second kappa shape index (κ2) is 11.5. The molecular formula is C28H38FN3O4. The number of rotatable bonds is 5. The van der Waals surface area contributed by atoms with Gasteiger partial charge in [0, 0.05) is 55.2 Å². The third kappa shape index (κ3) is 4.31. The Kier molecular flexibility index (Phi) is 8.87. The second-order valence-corrected chi connectivity index (χ2v) is 9.02. The number of fused-ring (bicyclic) bond motifs is 3. The Bertz CT molecular complexity index is 1230. The van der Waals surface area contributed by atoms with Crippen LogP contribution in [0.15, 0.2) is 22.5 Å². The van der Waals surface area contributed by atoms with Crippen molar-refractivity contribution < 1.29 is 19.0 Å². The fraction of sp³-hybridized carbons (Fsp3) is 0.500. The summed E-state index contributed by atoms with van der Waals surface area (Å²) in [5.41, 5.74) is 14.0. The third-order valence-electron chi connectivity index (χ3n) is 7.38. The van der Waals surface area contributed by atoms with E-state index in [0.29, 0.717) is 29.7 Å². The zero-order chi connectivity index (χ0) is 26.7. The van der Waals surface area contributed by atoms with E-state index < -0.39 is 0 Å². The van der Waals surface area contributed by atoms with Gasteiger partial charge in [0.15, 0.2) is 0 Å². The highest BCUT2D eigenvalue weighted by molar-refractivity contribution is 5.89. The summed E-state index contributed by atoms with van der Waals surface area (Å²) in [6.07, 6.45) is 2.97. The first kappa shape index (κ1) is 27.8. The van der Waals surface area contributed by atoms with E-state index in [2.05, 4.69) is 5.32 Å². The van der Waals surface area contributed by atoms with Crippen LogP contribution in [-0.4, -0.2) is 36.2 Å². The summed E-state index contributed by atoms with van der Waals surface area (Å²) in [6, 6.07) is 3.06. The number of aldehydes is 1. The molecule has 3 unspecified atom stereocenters. The van der Waals surface area contributed by atoms with Crippen LogP contribution >= 0.6 is 0 Å². The predicted molar refractivity (Wildman–Crippen MR) is 141 cm³/mol. The zero-order valence-electron chi connectivity index (χ0n) is 22.1. The first-order valence-corrected chi connectivity index (χ1v) is 12.6. The lowest BCUT2D eigenvalue weighted by molar-refractivity contribution is -0.109. The number of nitrogens with one attached hydrogen (secondary N) is 1. The van der Waals surface area contributed by atoms with Crippen molar-refractivity contribution in [1.29, 1.82) is 0 Å². The largest absolute Gasteiger partial charge is 0.400 e. The minimum Gasteiger partial charge on any atom is -0.400 e. The number of nitrogens with two attached hydrogens (primary N) is 1. The van der Waals surface area contributed by atoms with E-state index in [4.69, 9.17) is 15.6 Å². The number of carbonyl (C=O) groups is 1. The van der Waals surface area contributed by atoms with Crippen LogP contribution in [0.25, 0.3) is 5.57 Å². The fourth-order valence-corrected chi connectivity index (χ4v) is 5.70. The van der Waals surface area contributed by atoms with Crippen molar-refractivity contribution in [3.8, 4) is 0 Å². The molecule has 3 heterocycles. The molecule has 3 aliphatic rings. The van der Waals surface area contributed by atoms with Gasteiger partial charge in [-0.15, -0.1) is 0 Å². The molecule has 1 aliphatic carbocycles. The number of hydrogen-bond acceptors (Lipinski definition) is 6. The van der Waals surface area contributed by atoms with Gasteiger partial charge in [0.25, 0.3) is 5.56 Å². The molecule has 0 bridgehead atoms. The Hall–Kier alpha value is -2.81. The zero-order valence-corrected chi connectivity index (χ0v) is 22.1. The van der Waals surface area contributed by atoms with Gasteiger partial charge in [-0.25, -0.2) is 4.39 Å². The standard InChI is InChI=1S/C25H28FN3O3.C2H6.CH4O/c1-4-13(10-30)15-7-21-24-16(9-29(21)25(31)17(15)11-32-3)22-19(27)6-5-14-12(2)18(26)8-20(28-24)23(14)22;2*1-2/h7-8,10,13,19,24,28H,4-6,9,11,27H2,1-3H3;1-2H3;2H,1H3. The molecule has 2 aromatic rings. The quantitative estimate of drug-likeness (QED) is 0.538. The third-order valence-corrected chi connectivity index (χ3v) is 7.38. The Balaban J connectivity index is 0.000000861. The number of aliphatic hydroxyl groups excluding tert-OH is 1. The fourth-order valence-electron chi connectivity index (χ4n) is 5.70. The number of halogens is 1. The van der Waals surface area contributed by atoms with Crippen molar-refractivity contribution in [2.45, 2.75) is 78.1 Å². The average molecular weight is 500 g/mol. The highest BCUT2D eigenvalue weighted by Gasteiger charge is 2.41. The molecule has 7 nitrogen and oxygen atoms in total. The Morgan fingerprint density at radius 1 is 1.33 bits per heavy atom. The lowest BCUT2D eigenvalue weighted by Crippen LogP contribution is -2.33. The first-order chi connectivity index (χ1) is 17.4. The minimum atomic E-state index is -0.380. The van der Waals surface area contributed by atoms with Gasteiger partial charge in [0.05, 0.1) is 12.6 Å². The summed E-state index contributed by atoms with van der Waals surface area (Å²) in [6.45, 7) is 8.32. The van der Waals surface area contributed by atoms with Crippen molar-refractivity contribution in [3.05, 3.63) is 67.4 Å². The minimum absolute atomic E-state index is 0.139. The summed E-state index contributed by atoms with van der Waals surface area (Å²) in [4.78, 5) is 25.3. The molecule has 3 atom stereocenters. The smallest absolute Gasteiger partial charge is 0.256 e. The van der Waals surface area contributed by atoms with E-state index >= 15 is 0 Å². The predicted octanol–water partition coefficient (Wildman–Crippen LogP) is 3.98. The van der Waals surface area contributed by atoms with Crippen molar-refractivity contribution in [2.24, 2.45) is 5.73 Å². The van der Waals surface area contributed by atoms with Gasteiger partial charge in [0.2, 0.25) is 0 Å². The van der Waals surface area contributed by atoms with Crippen molar-refractivity contribution in [2.75, 3.05) is 19.5 Å². The number of carbonyl (C=O) groups excluding carboxylic acids is 1. The molecule has 0 spiro atoms. The molecule has 1 aromatic heterocycles. The topological polar surface area (TPSA) is 107 Å². The SMILES string of the molecule is CC.CCC(C=O)c1cc2n(c(=O)c1COC)CC1=C3c4c(cc(F)c(C)c4CCC3N)NC12.CO. The van der Waals surface area contributed by atoms with E-state index in [1.54, 1.807) is 17.7 Å². The maximum absolute atomic E-state index is 14.7. The Morgan fingerprint density at radius 3 is 2.64 bits per heavy atom. The monoisotopic (exact) mass is 499 g/mol. The summed E-state index contributed by atoms with van der Waals surface area (Å²) in [5, 5.41) is 10.5. The molecule has 0 saturated carbocycles. The van der Waals surface area contributed by atoms with E-state index in [-0.39, 0.29) is 36.0 Å². The summed E-state index contributed by atoms with van der Waals surface area (Å²) in [7, 11) is 2.55. The Labute approximate surface area is 212 Å². The van der Waals surface area contributed by atoms with Crippen molar-refractivity contribution in [1.82, 2.24) is 4.57 Å². The maximum atomic E-state index is 14.7. The van der Waals surface area contributed by atoms with Gasteiger partial charge in [-0.2, -0.15) is 0 Å². The molecule has 5 rings (SSSR count). The normalized spacial score (nSPS) is 19.5. The lowest BCUT2D eigenvalue weighted by atomic mass is 9.76. The van der Waals surface area contributed by atoms with Crippen LogP contribution in [-0.2, 0) is 29.1 Å². The van der Waals surface area contributed by atoms with Gasteiger partial charge in [-0.1, -0.05) is 20.8 Å². The molecule has 1 aromatic carbocycles. The van der Waals surface area contributed by atoms with Crippen LogP contribution in [0.3, 0.4) is 0 Å². The molecule has 196 valence electrons. The number of nitrogens with zero attached hydrogens (tertiary/aromatic N) is 1. The van der Waals surface area contributed by atoms with E-state index in [1.165, 1.54) is 0 Å². The molecule has 36 heavy (non-hydrogen) atoms. The van der Waals surface area contributed by atoms with Gasteiger partial charge in [-0.05, 0) is 66.2 Å². The number of pyridine rings is 1. The number of benzene rings is 1. The van der Waals surface area contributed by atoms with Crippen LogP contribution in [0.5, 0.6) is 0 Å². The summed E-state index contributed by atoms with van der Waals surface area (Å²) >= 11 is 0. The molecule has 0 amide bonds. The van der Waals surface area contributed by atoms with E-state index in [9.17, 15) is 14.0 Å². The van der Waals surface area contributed by atoms with Crippen molar-refractivity contribution >= 4 is 17.5 Å². The number of anilines is 1. The Morgan fingerprint density at radius 2 is 2.03 bits per heavy atom. The van der Waals surface area contributed by atoms with Crippen LogP contribution in [0, 0.1) is 12.7 Å². The molecule has 4 N–H and O–H groups in total. The summed E-state index contributed by atoms with van der Waals surface area (Å²) in [5.74, 6) is -0.613. The summed E-state index contributed by atoms with van der Waals surface area (Å²) < 4.78 is 21.8.